The van der Waals surface area contributed by atoms with Crippen LogP contribution >= 0.6 is 0 Å². The van der Waals surface area contributed by atoms with Gasteiger partial charge in [-0.1, -0.05) is 31.4 Å². The van der Waals surface area contributed by atoms with Crippen molar-refractivity contribution in [3.63, 3.8) is 0 Å². The maximum Gasteiger partial charge on any atom is 0.321 e. The molecule has 0 aliphatic heterocycles. The van der Waals surface area contributed by atoms with Crippen molar-refractivity contribution in [2.45, 2.75) is 51.6 Å². The maximum atomic E-state index is 12.6. The van der Waals surface area contributed by atoms with Crippen molar-refractivity contribution in [2.24, 2.45) is 0 Å². The van der Waals surface area contributed by atoms with Crippen molar-refractivity contribution in [2.75, 3.05) is 6.61 Å². The van der Waals surface area contributed by atoms with E-state index in [1.54, 1.807) is 24.3 Å². The van der Waals surface area contributed by atoms with Crippen LogP contribution in [0.1, 0.15) is 39.0 Å². The Labute approximate surface area is 157 Å². The highest BCUT2D eigenvalue weighted by molar-refractivity contribution is 5.76. The first-order valence-electron chi connectivity index (χ1n) is 9.44. The number of amides is 1. The number of rotatable bonds is 6. The molecule has 1 aliphatic rings. The molecular weight excluding hydrogens is 346 g/mol. The zero-order chi connectivity index (χ0) is 19.2. The number of carbonyl (C=O) groups excluding carboxylic acids is 1. The van der Waals surface area contributed by atoms with E-state index in [2.05, 4.69) is 5.32 Å². The van der Waals surface area contributed by atoms with Crippen molar-refractivity contribution in [3.05, 3.63) is 57.4 Å². The molecule has 0 atom stereocenters. The number of aromatic nitrogens is 2. The normalized spacial score (nSPS) is 14.7. The molecule has 0 radical (unpaired) electrons. The first kappa shape index (κ1) is 18.9. The molecule has 1 aliphatic carbocycles. The Bertz CT molecular complexity index is 910. The lowest BCUT2D eigenvalue weighted by molar-refractivity contribution is -0.122. The zero-order valence-electron chi connectivity index (χ0n) is 15.5. The second kappa shape index (κ2) is 8.70. The van der Waals surface area contributed by atoms with Crippen LogP contribution < -0.4 is 21.2 Å². The minimum Gasteiger partial charge on any atom is -0.492 e. The molecule has 0 unspecified atom stereocenters. The number of carbonyl (C=O) groups is 1. The van der Waals surface area contributed by atoms with Gasteiger partial charge in [0, 0.05) is 18.4 Å². The molecule has 0 saturated heterocycles. The van der Waals surface area contributed by atoms with Gasteiger partial charge in [0.1, 0.15) is 12.3 Å². The Kier molecular flexibility index (Phi) is 6.11. The molecule has 2 aromatic rings. The van der Waals surface area contributed by atoms with Crippen LogP contribution in [0.25, 0.3) is 5.69 Å². The van der Waals surface area contributed by atoms with Gasteiger partial charge >= 0.3 is 11.1 Å². The molecule has 1 aromatic heterocycles. The van der Waals surface area contributed by atoms with E-state index in [1.165, 1.54) is 23.4 Å². The van der Waals surface area contributed by atoms with Crippen molar-refractivity contribution in [1.82, 2.24) is 14.5 Å². The molecule has 1 heterocycles. The first-order chi connectivity index (χ1) is 13.1. The highest BCUT2D eigenvalue weighted by Gasteiger charge is 2.17. The highest BCUT2D eigenvalue weighted by Crippen LogP contribution is 2.20. The van der Waals surface area contributed by atoms with Gasteiger partial charge < -0.3 is 10.1 Å². The molecule has 1 aromatic carbocycles. The van der Waals surface area contributed by atoms with E-state index < -0.39 is 11.1 Å². The molecule has 0 bridgehead atoms. The van der Waals surface area contributed by atoms with Gasteiger partial charge in [0.15, 0.2) is 0 Å². The van der Waals surface area contributed by atoms with Crippen molar-refractivity contribution in [3.8, 4) is 11.4 Å². The van der Waals surface area contributed by atoms with Crippen LogP contribution in [0.5, 0.6) is 5.75 Å². The molecule has 0 spiro atoms. The standard InChI is InChI=1S/C20H25N3O4/c1-2-27-17-11-7-6-10-16(17)23-13-12-22(19(25)20(23)26)14-18(24)21-15-8-4-3-5-9-15/h6-7,10-13,15H,2-5,8-9,14H2,1H3,(H,21,24). The minimum atomic E-state index is -0.734. The van der Waals surface area contributed by atoms with Crippen molar-refractivity contribution in [1.29, 1.82) is 0 Å². The zero-order valence-corrected chi connectivity index (χ0v) is 15.5. The predicted molar refractivity (Wildman–Crippen MR) is 102 cm³/mol. The second-order valence-corrected chi connectivity index (χ2v) is 6.71. The summed E-state index contributed by atoms with van der Waals surface area (Å²) in [5.41, 5.74) is -0.946. The lowest BCUT2D eigenvalue weighted by Gasteiger charge is -2.22. The Morgan fingerprint density at radius 1 is 1.11 bits per heavy atom. The second-order valence-electron chi connectivity index (χ2n) is 6.71. The smallest absolute Gasteiger partial charge is 0.321 e. The van der Waals surface area contributed by atoms with Gasteiger partial charge in [0.05, 0.1) is 12.3 Å². The van der Waals surface area contributed by atoms with Crippen molar-refractivity contribution >= 4 is 5.91 Å². The molecule has 27 heavy (non-hydrogen) atoms. The number of hydrogen-bond acceptors (Lipinski definition) is 4. The third-order valence-electron chi connectivity index (χ3n) is 4.77. The summed E-state index contributed by atoms with van der Waals surface area (Å²) in [4.78, 5) is 37.3. The molecule has 7 nitrogen and oxygen atoms in total. The van der Waals surface area contributed by atoms with Crippen LogP contribution in [0, 0.1) is 0 Å². The van der Waals surface area contributed by atoms with Gasteiger partial charge in [0.25, 0.3) is 0 Å². The van der Waals surface area contributed by atoms with E-state index in [0.29, 0.717) is 18.0 Å². The Morgan fingerprint density at radius 2 is 1.85 bits per heavy atom. The van der Waals surface area contributed by atoms with E-state index in [9.17, 15) is 14.4 Å². The van der Waals surface area contributed by atoms with Crippen LogP contribution in [0.2, 0.25) is 0 Å². The summed E-state index contributed by atoms with van der Waals surface area (Å²) < 4.78 is 7.94. The average molecular weight is 371 g/mol. The molecule has 1 amide bonds. The van der Waals surface area contributed by atoms with E-state index >= 15 is 0 Å². The number of benzene rings is 1. The van der Waals surface area contributed by atoms with Crippen LogP contribution in [-0.4, -0.2) is 27.7 Å². The number of ether oxygens (including phenoxy) is 1. The molecule has 1 N–H and O–H groups in total. The summed E-state index contributed by atoms with van der Waals surface area (Å²) in [5, 5.41) is 2.96. The third kappa shape index (κ3) is 4.48. The van der Waals surface area contributed by atoms with Gasteiger partial charge in [-0.2, -0.15) is 0 Å². The Morgan fingerprint density at radius 3 is 2.59 bits per heavy atom. The topological polar surface area (TPSA) is 82.3 Å². The molecule has 3 rings (SSSR count). The Balaban J connectivity index is 1.80. The van der Waals surface area contributed by atoms with Gasteiger partial charge in [-0.15, -0.1) is 0 Å². The Hall–Kier alpha value is -2.83. The summed E-state index contributed by atoms with van der Waals surface area (Å²) >= 11 is 0. The molecular formula is C20H25N3O4. The molecule has 1 fully saturated rings. The average Bonchev–Trinajstić information content (AvgIpc) is 2.67. The van der Waals surface area contributed by atoms with Crippen LogP contribution in [0.3, 0.4) is 0 Å². The van der Waals surface area contributed by atoms with Gasteiger partial charge in [-0.3, -0.25) is 23.5 Å². The van der Waals surface area contributed by atoms with Gasteiger partial charge in [-0.25, -0.2) is 0 Å². The van der Waals surface area contributed by atoms with Crippen molar-refractivity contribution < 1.29 is 9.53 Å². The summed E-state index contributed by atoms with van der Waals surface area (Å²) in [6.07, 6.45) is 8.32. The number of hydrogen-bond donors (Lipinski definition) is 1. The number of para-hydroxylation sites is 2. The molecule has 144 valence electrons. The number of nitrogens with one attached hydrogen (secondary N) is 1. The fourth-order valence-corrected chi connectivity index (χ4v) is 3.43. The van der Waals surface area contributed by atoms with E-state index in [1.807, 2.05) is 6.92 Å². The monoisotopic (exact) mass is 371 g/mol. The fourth-order valence-electron chi connectivity index (χ4n) is 3.43. The molecule has 1 saturated carbocycles. The van der Waals surface area contributed by atoms with Gasteiger partial charge in [-0.05, 0) is 31.9 Å². The van der Waals surface area contributed by atoms with E-state index in [0.717, 1.165) is 30.3 Å². The maximum absolute atomic E-state index is 12.6. The summed E-state index contributed by atoms with van der Waals surface area (Å²) in [5.74, 6) is 0.283. The summed E-state index contributed by atoms with van der Waals surface area (Å²) in [6, 6.07) is 7.20. The van der Waals surface area contributed by atoms with E-state index in [4.69, 9.17) is 4.74 Å². The van der Waals surface area contributed by atoms with Gasteiger partial charge in [0.2, 0.25) is 5.91 Å². The fraction of sp³-hybridized carbons (Fsp3) is 0.450. The third-order valence-corrected chi connectivity index (χ3v) is 4.77. The molecule has 7 heteroatoms. The van der Waals surface area contributed by atoms with E-state index in [-0.39, 0.29) is 18.5 Å². The minimum absolute atomic E-state index is 0.154. The highest BCUT2D eigenvalue weighted by atomic mass is 16.5. The number of nitrogens with zero attached hydrogens (tertiary/aromatic N) is 2. The van der Waals surface area contributed by atoms with Crippen LogP contribution in [-0.2, 0) is 11.3 Å². The quantitative estimate of drug-likeness (QED) is 0.786. The van der Waals surface area contributed by atoms with Crippen LogP contribution in [0.4, 0.5) is 0 Å². The largest absolute Gasteiger partial charge is 0.492 e. The first-order valence-corrected chi connectivity index (χ1v) is 9.44. The lowest BCUT2D eigenvalue weighted by atomic mass is 9.95. The lowest BCUT2D eigenvalue weighted by Crippen LogP contribution is -2.44. The summed E-state index contributed by atoms with van der Waals surface area (Å²) in [7, 11) is 0. The SMILES string of the molecule is CCOc1ccccc1-n1ccn(CC(=O)NC2CCCCC2)c(=O)c1=O. The van der Waals surface area contributed by atoms with Crippen LogP contribution in [0.15, 0.2) is 46.2 Å². The summed E-state index contributed by atoms with van der Waals surface area (Å²) in [6.45, 7) is 2.14. The predicted octanol–water partition coefficient (Wildman–Crippen LogP) is 1.85.